The van der Waals surface area contributed by atoms with Crippen LogP contribution in [0.4, 0.5) is 9.18 Å². The van der Waals surface area contributed by atoms with Crippen molar-refractivity contribution in [3.05, 3.63) is 60.6 Å². The summed E-state index contributed by atoms with van der Waals surface area (Å²) in [6, 6.07) is 4.40. The monoisotopic (exact) mass is 290 g/mol. The number of nitrogens with one attached hydrogen (secondary N) is 2. The highest BCUT2D eigenvalue weighted by atomic mass is 19.1. The highest BCUT2D eigenvalue weighted by Gasteiger charge is 2.38. The van der Waals surface area contributed by atoms with Gasteiger partial charge in [0.2, 0.25) is 0 Å². The van der Waals surface area contributed by atoms with Crippen molar-refractivity contribution in [2.75, 3.05) is 6.61 Å². The highest BCUT2D eigenvalue weighted by Crippen LogP contribution is 2.30. The maximum absolute atomic E-state index is 13.0. The molecule has 0 saturated carbocycles. The van der Waals surface area contributed by atoms with Crippen LogP contribution in [0.15, 0.2) is 49.2 Å². The summed E-state index contributed by atoms with van der Waals surface area (Å²) in [7, 11) is 0. The van der Waals surface area contributed by atoms with E-state index in [4.69, 9.17) is 4.74 Å². The zero-order valence-corrected chi connectivity index (χ0v) is 11.3. The van der Waals surface area contributed by atoms with E-state index in [0.29, 0.717) is 5.56 Å². The Balaban J connectivity index is 2.30. The first kappa shape index (κ1) is 14.8. The molecule has 2 rings (SSSR count). The Hall–Kier alpha value is -2.63. The van der Waals surface area contributed by atoms with Gasteiger partial charge in [0.25, 0.3) is 0 Å². The summed E-state index contributed by atoms with van der Waals surface area (Å²) in [6.07, 6.45) is 1.45. The number of benzene rings is 1. The second kappa shape index (κ2) is 6.21. The molecule has 5 nitrogen and oxygen atoms in total. The van der Waals surface area contributed by atoms with Gasteiger partial charge in [-0.05, 0) is 17.7 Å². The van der Waals surface area contributed by atoms with Crippen molar-refractivity contribution in [1.29, 1.82) is 0 Å². The average Bonchev–Trinajstić information content (AvgIpc) is 2.44. The third kappa shape index (κ3) is 3.28. The number of hydrogen-bond acceptors (Lipinski definition) is 3. The molecule has 1 saturated heterocycles. The molecular weight excluding hydrogens is 275 g/mol. The summed E-state index contributed by atoms with van der Waals surface area (Å²) in [4.78, 5) is 23.7. The molecule has 1 aliphatic rings. The molecule has 1 heterocycles. The van der Waals surface area contributed by atoms with E-state index in [1.165, 1.54) is 30.3 Å². The average molecular weight is 290 g/mol. The number of esters is 1. The van der Waals surface area contributed by atoms with E-state index in [1.54, 1.807) is 0 Å². The first-order valence-electron chi connectivity index (χ1n) is 6.32. The maximum Gasteiger partial charge on any atom is 0.319 e. The minimum Gasteiger partial charge on any atom is -0.461 e. The van der Waals surface area contributed by atoms with Crippen LogP contribution in [0.25, 0.3) is 0 Å². The summed E-state index contributed by atoms with van der Waals surface area (Å²) >= 11 is 0. The van der Waals surface area contributed by atoms with Crippen molar-refractivity contribution in [3.8, 4) is 0 Å². The molecule has 0 bridgehead atoms. The number of urea groups is 1. The normalized spacial score (nSPS) is 21.2. The van der Waals surface area contributed by atoms with Crippen molar-refractivity contribution in [2.45, 2.75) is 6.04 Å². The van der Waals surface area contributed by atoms with Gasteiger partial charge in [-0.2, -0.15) is 0 Å². The van der Waals surface area contributed by atoms with E-state index in [-0.39, 0.29) is 12.3 Å². The molecule has 2 amide bonds. The lowest BCUT2D eigenvalue weighted by Gasteiger charge is -2.33. The van der Waals surface area contributed by atoms with Crippen LogP contribution in [0.3, 0.4) is 0 Å². The quantitative estimate of drug-likeness (QED) is 0.658. The van der Waals surface area contributed by atoms with Gasteiger partial charge in [0.05, 0.1) is 6.04 Å². The summed E-state index contributed by atoms with van der Waals surface area (Å²) in [5.41, 5.74) is 0.829. The molecule has 0 spiro atoms. The van der Waals surface area contributed by atoms with Gasteiger partial charge in [0.1, 0.15) is 18.3 Å². The lowest BCUT2D eigenvalue weighted by Crippen LogP contribution is -2.51. The van der Waals surface area contributed by atoms with Crippen LogP contribution in [-0.2, 0) is 9.53 Å². The second-order valence-corrected chi connectivity index (χ2v) is 4.55. The molecule has 110 valence electrons. The van der Waals surface area contributed by atoms with Crippen LogP contribution in [-0.4, -0.2) is 18.6 Å². The lowest BCUT2D eigenvalue weighted by molar-refractivity contribution is -0.147. The highest BCUT2D eigenvalue weighted by molar-refractivity contribution is 5.85. The summed E-state index contributed by atoms with van der Waals surface area (Å²) < 4.78 is 18.0. The van der Waals surface area contributed by atoms with E-state index < -0.39 is 29.8 Å². The Morgan fingerprint density at radius 2 is 2.05 bits per heavy atom. The van der Waals surface area contributed by atoms with Gasteiger partial charge in [-0.3, -0.25) is 4.79 Å². The first-order valence-corrected chi connectivity index (χ1v) is 6.32. The van der Waals surface area contributed by atoms with Crippen LogP contribution in [0, 0.1) is 11.7 Å². The molecule has 2 N–H and O–H groups in total. The van der Waals surface area contributed by atoms with Crippen molar-refractivity contribution >= 4 is 12.0 Å². The smallest absolute Gasteiger partial charge is 0.319 e. The second-order valence-electron chi connectivity index (χ2n) is 4.55. The van der Waals surface area contributed by atoms with E-state index in [2.05, 4.69) is 23.8 Å². The number of rotatable bonds is 4. The summed E-state index contributed by atoms with van der Waals surface area (Å²) in [5.74, 6) is -1.74. The number of hydrogen-bond donors (Lipinski definition) is 2. The number of halogens is 1. The van der Waals surface area contributed by atoms with Gasteiger partial charge in [0.15, 0.2) is 0 Å². The Labute approximate surface area is 121 Å². The third-order valence-electron chi connectivity index (χ3n) is 3.10. The van der Waals surface area contributed by atoms with Crippen LogP contribution >= 0.6 is 0 Å². The SMILES string of the molecule is C=CCOC(=O)[C@H]1C(=C)NC(=O)N[C@@H]1c1ccc(F)cc1. The van der Waals surface area contributed by atoms with E-state index in [1.807, 2.05) is 0 Å². The topological polar surface area (TPSA) is 67.4 Å². The summed E-state index contributed by atoms with van der Waals surface area (Å²) in [6.45, 7) is 7.23. The van der Waals surface area contributed by atoms with Crippen LogP contribution in [0.1, 0.15) is 11.6 Å². The van der Waals surface area contributed by atoms with Crippen molar-refractivity contribution in [1.82, 2.24) is 10.6 Å². The van der Waals surface area contributed by atoms with Crippen molar-refractivity contribution in [3.63, 3.8) is 0 Å². The van der Waals surface area contributed by atoms with Gasteiger partial charge in [-0.15, -0.1) is 0 Å². The van der Waals surface area contributed by atoms with Gasteiger partial charge in [-0.25, -0.2) is 9.18 Å². The zero-order valence-electron chi connectivity index (χ0n) is 11.3. The van der Waals surface area contributed by atoms with Crippen molar-refractivity contribution < 1.29 is 18.7 Å². The summed E-state index contributed by atoms with van der Waals surface area (Å²) in [5, 5.41) is 5.08. The maximum atomic E-state index is 13.0. The number of ether oxygens (including phenoxy) is 1. The minimum atomic E-state index is -0.798. The van der Waals surface area contributed by atoms with Crippen LogP contribution in [0.5, 0.6) is 0 Å². The molecule has 1 aromatic rings. The molecule has 0 aromatic heterocycles. The fourth-order valence-electron chi connectivity index (χ4n) is 2.14. The molecule has 0 radical (unpaired) electrons. The molecule has 1 aromatic carbocycles. The van der Waals surface area contributed by atoms with Gasteiger partial charge >= 0.3 is 12.0 Å². The Bertz CT molecular complexity index is 583. The standard InChI is InChI=1S/C15H15FN2O3/c1-3-8-21-14(19)12-9(2)17-15(20)18-13(12)10-4-6-11(16)7-5-10/h3-7,12-13H,1-2,8H2,(H2,17,18,20)/t12-,13+/m0/s1. The molecule has 2 atom stereocenters. The predicted octanol–water partition coefficient (Wildman–Crippen LogP) is 2.04. The predicted molar refractivity (Wildman–Crippen MR) is 74.6 cm³/mol. The Kier molecular flexibility index (Phi) is 4.37. The first-order chi connectivity index (χ1) is 10.0. The number of carbonyl (C=O) groups is 2. The lowest BCUT2D eigenvalue weighted by atomic mass is 9.89. The minimum absolute atomic E-state index is 0.0622. The van der Waals surface area contributed by atoms with E-state index in [0.717, 1.165) is 0 Å². The molecule has 6 heteroatoms. The van der Waals surface area contributed by atoms with Gasteiger partial charge in [0, 0.05) is 5.70 Å². The molecule has 21 heavy (non-hydrogen) atoms. The molecule has 1 aliphatic heterocycles. The fourth-order valence-corrected chi connectivity index (χ4v) is 2.14. The van der Waals surface area contributed by atoms with Crippen LogP contribution < -0.4 is 10.6 Å². The molecule has 0 aliphatic carbocycles. The van der Waals surface area contributed by atoms with E-state index >= 15 is 0 Å². The van der Waals surface area contributed by atoms with Gasteiger partial charge in [-0.1, -0.05) is 31.4 Å². The largest absolute Gasteiger partial charge is 0.461 e. The Morgan fingerprint density at radius 3 is 2.67 bits per heavy atom. The van der Waals surface area contributed by atoms with Crippen molar-refractivity contribution in [2.24, 2.45) is 5.92 Å². The fraction of sp³-hybridized carbons (Fsp3) is 0.200. The Morgan fingerprint density at radius 1 is 1.38 bits per heavy atom. The number of carbonyl (C=O) groups excluding carboxylic acids is 2. The zero-order chi connectivity index (χ0) is 15.4. The molecule has 1 fully saturated rings. The third-order valence-corrected chi connectivity index (χ3v) is 3.10. The molecule has 0 unspecified atom stereocenters. The van der Waals surface area contributed by atoms with Gasteiger partial charge < -0.3 is 15.4 Å². The molecular formula is C15H15FN2O3. The van der Waals surface area contributed by atoms with E-state index in [9.17, 15) is 14.0 Å². The number of amides is 2. The van der Waals surface area contributed by atoms with Crippen LogP contribution in [0.2, 0.25) is 0 Å².